The molecule has 0 amide bonds. The molecular weight excluding hydrogens is 318 g/mol. The van der Waals surface area contributed by atoms with Crippen molar-refractivity contribution < 1.29 is 19.2 Å². The Morgan fingerprint density at radius 2 is 2.14 bits per heavy atom. The third-order valence-corrected chi connectivity index (χ3v) is 3.78. The van der Waals surface area contributed by atoms with Gasteiger partial charge in [-0.1, -0.05) is 11.6 Å². The first-order valence-corrected chi connectivity index (χ1v) is 6.94. The van der Waals surface area contributed by atoms with E-state index in [2.05, 4.69) is 4.74 Å². The van der Waals surface area contributed by atoms with Crippen LogP contribution in [0.1, 0.15) is 15.2 Å². The predicted octanol–water partition coefficient (Wildman–Crippen LogP) is 3.68. The Morgan fingerprint density at radius 3 is 2.71 bits per heavy atom. The van der Waals surface area contributed by atoms with Crippen LogP contribution >= 0.6 is 22.9 Å². The normalized spacial score (nSPS) is 10.2. The van der Waals surface area contributed by atoms with E-state index in [0.717, 1.165) is 10.9 Å². The van der Waals surface area contributed by atoms with Crippen molar-refractivity contribution in [2.75, 3.05) is 7.11 Å². The van der Waals surface area contributed by atoms with Crippen LogP contribution in [0.4, 0.5) is 5.69 Å². The number of ether oxygens (including phenoxy) is 2. The standard InChI is InChI=1S/C13H10ClNO5S/c1-19-13(16)8-2-4-11(10(6-8)15(17)18)20-7-9-3-5-12(14)21-9/h2-6H,7H2,1H3. The highest BCUT2D eigenvalue weighted by molar-refractivity contribution is 7.16. The Labute approximate surface area is 129 Å². The predicted molar refractivity (Wildman–Crippen MR) is 78.1 cm³/mol. The molecule has 1 aromatic carbocycles. The fourth-order valence-electron chi connectivity index (χ4n) is 1.61. The molecule has 110 valence electrons. The smallest absolute Gasteiger partial charge is 0.338 e. The molecule has 0 saturated carbocycles. The molecular formula is C13H10ClNO5S. The van der Waals surface area contributed by atoms with Crippen LogP contribution in [0, 0.1) is 10.1 Å². The highest BCUT2D eigenvalue weighted by atomic mass is 35.5. The van der Waals surface area contributed by atoms with E-state index in [9.17, 15) is 14.9 Å². The first-order chi connectivity index (χ1) is 10.0. The average Bonchev–Trinajstić information content (AvgIpc) is 2.89. The SMILES string of the molecule is COC(=O)c1ccc(OCc2ccc(Cl)s2)c([N+](=O)[O-])c1. The minimum Gasteiger partial charge on any atom is -0.481 e. The van der Waals surface area contributed by atoms with Gasteiger partial charge in [0.05, 0.1) is 21.9 Å². The monoisotopic (exact) mass is 327 g/mol. The van der Waals surface area contributed by atoms with Crippen LogP contribution in [0.5, 0.6) is 5.75 Å². The van der Waals surface area contributed by atoms with E-state index in [1.807, 2.05) is 0 Å². The Balaban J connectivity index is 2.22. The highest BCUT2D eigenvalue weighted by Crippen LogP contribution is 2.30. The summed E-state index contributed by atoms with van der Waals surface area (Å²) in [4.78, 5) is 22.7. The summed E-state index contributed by atoms with van der Waals surface area (Å²) >= 11 is 7.13. The maximum Gasteiger partial charge on any atom is 0.338 e. The minimum absolute atomic E-state index is 0.0807. The number of halogens is 1. The fourth-order valence-corrected chi connectivity index (χ4v) is 2.61. The van der Waals surface area contributed by atoms with Crippen LogP contribution in [-0.4, -0.2) is 18.0 Å². The number of rotatable bonds is 5. The van der Waals surface area contributed by atoms with Crippen molar-refractivity contribution >= 4 is 34.6 Å². The molecule has 0 unspecified atom stereocenters. The highest BCUT2D eigenvalue weighted by Gasteiger charge is 2.19. The van der Waals surface area contributed by atoms with Crippen molar-refractivity contribution in [2.45, 2.75) is 6.61 Å². The lowest BCUT2D eigenvalue weighted by atomic mass is 10.2. The number of nitro benzene ring substituents is 1. The molecule has 0 atom stereocenters. The van der Waals surface area contributed by atoms with Gasteiger partial charge >= 0.3 is 11.7 Å². The number of carbonyl (C=O) groups is 1. The van der Waals surface area contributed by atoms with Gasteiger partial charge in [0.15, 0.2) is 5.75 Å². The van der Waals surface area contributed by atoms with Crippen molar-refractivity contribution in [1.29, 1.82) is 0 Å². The van der Waals surface area contributed by atoms with E-state index in [1.54, 1.807) is 12.1 Å². The summed E-state index contributed by atoms with van der Waals surface area (Å²) in [6.45, 7) is 0.162. The Kier molecular flexibility index (Phi) is 4.77. The van der Waals surface area contributed by atoms with Crippen LogP contribution in [0.25, 0.3) is 0 Å². The van der Waals surface area contributed by atoms with E-state index in [0.29, 0.717) is 4.34 Å². The third kappa shape index (κ3) is 3.71. The Hall–Kier alpha value is -2.12. The zero-order valence-electron chi connectivity index (χ0n) is 10.9. The molecule has 0 aliphatic rings. The van der Waals surface area contributed by atoms with E-state index >= 15 is 0 Å². The van der Waals surface area contributed by atoms with Crippen molar-refractivity contribution in [1.82, 2.24) is 0 Å². The zero-order valence-corrected chi connectivity index (χ0v) is 12.4. The van der Waals surface area contributed by atoms with Crippen LogP contribution in [-0.2, 0) is 11.3 Å². The van der Waals surface area contributed by atoms with Crippen molar-refractivity contribution in [3.05, 3.63) is 55.2 Å². The molecule has 1 heterocycles. The Morgan fingerprint density at radius 1 is 1.38 bits per heavy atom. The van der Waals surface area contributed by atoms with E-state index in [4.69, 9.17) is 16.3 Å². The third-order valence-electron chi connectivity index (χ3n) is 2.58. The molecule has 0 bridgehead atoms. The number of methoxy groups -OCH3 is 1. The van der Waals surface area contributed by atoms with Crippen LogP contribution < -0.4 is 4.74 Å². The Bertz CT molecular complexity index is 685. The molecule has 21 heavy (non-hydrogen) atoms. The number of carbonyl (C=O) groups excluding carboxylic acids is 1. The van der Waals surface area contributed by atoms with Gasteiger partial charge in [-0.05, 0) is 24.3 Å². The van der Waals surface area contributed by atoms with Crippen LogP contribution in [0.2, 0.25) is 4.34 Å². The number of hydrogen-bond acceptors (Lipinski definition) is 6. The molecule has 0 N–H and O–H groups in total. The van der Waals surface area contributed by atoms with E-state index < -0.39 is 10.9 Å². The summed E-state index contributed by atoms with van der Waals surface area (Å²) in [6.07, 6.45) is 0. The van der Waals surface area contributed by atoms with Gasteiger partial charge < -0.3 is 9.47 Å². The average molecular weight is 328 g/mol. The molecule has 2 aromatic rings. The van der Waals surface area contributed by atoms with Crippen molar-refractivity contribution in [3.63, 3.8) is 0 Å². The first-order valence-electron chi connectivity index (χ1n) is 5.75. The number of thiophene rings is 1. The lowest BCUT2D eigenvalue weighted by molar-refractivity contribution is -0.386. The summed E-state index contributed by atoms with van der Waals surface area (Å²) in [5.74, 6) is -0.563. The van der Waals surface area contributed by atoms with Crippen LogP contribution in [0.3, 0.4) is 0 Å². The first kappa shape index (κ1) is 15.3. The molecule has 6 nitrogen and oxygen atoms in total. The fraction of sp³-hybridized carbons (Fsp3) is 0.154. The number of hydrogen-bond donors (Lipinski definition) is 0. The summed E-state index contributed by atoms with van der Waals surface area (Å²) < 4.78 is 10.6. The lowest BCUT2D eigenvalue weighted by Crippen LogP contribution is -2.04. The zero-order chi connectivity index (χ0) is 15.4. The number of esters is 1. The molecule has 0 spiro atoms. The summed E-state index contributed by atoms with van der Waals surface area (Å²) in [7, 11) is 1.21. The second-order valence-electron chi connectivity index (χ2n) is 3.93. The topological polar surface area (TPSA) is 78.7 Å². The van der Waals surface area contributed by atoms with Gasteiger partial charge in [-0.25, -0.2) is 4.79 Å². The lowest BCUT2D eigenvalue weighted by Gasteiger charge is -2.06. The second-order valence-corrected chi connectivity index (χ2v) is 5.73. The molecule has 0 fully saturated rings. The van der Waals surface area contributed by atoms with Gasteiger partial charge in [-0.15, -0.1) is 11.3 Å². The van der Waals surface area contributed by atoms with E-state index in [-0.39, 0.29) is 23.6 Å². The number of nitro groups is 1. The van der Waals surface area contributed by atoms with Gasteiger partial charge in [0.25, 0.3) is 0 Å². The molecule has 2 rings (SSSR count). The molecule has 0 aliphatic carbocycles. The number of nitrogens with zero attached hydrogens (tertiary/aromatic N) is 1. The van der Waals surface area contributed by atoms with E-state index in [1.165, 1.54) is 30.6 Å². The molecule has 1 aromatic heterocycles. The summed E-state index contributed by atoms with van der Waals surface area (Å²) in [5.41, 5.74) is -0.198. The quantitative estimate of drug-likeness (QED) is 0.475. The van der Waals surface area contributed by atoms with Crippen molar-refractivity contribution in [3.8, 4) is 5.75 Å². The maximum absolute atomic E-state index is 11.4. The molecule has 0 radical (unpaired) electrons. The van der Waals surface area contributed by atoms with Gasteiger partial charge in [-0.3, -0.25) is 10.1 Å². The van der Waals surface area contributed by atoms with Crippen molar-refractivity contribution in [2.24, 2.45) is 0 Å². The van der Waals surface area contributed by atoms with Gasteiger partial charge in [0.2, 0.25) is 0 Å². The van der Waals surface area contributed by atoms with Gasteiger partial charge in [-0.2, -0.15) is 0 Å². The van der Waals surface area contributed by atoms with Gasteiger partial charge in [0.1, 0.15) is 6.61 Å². The summed E-state index contributed by atoms with van der Waals surface area (Å²) in [5, 5.41) is 11.1. The van der Waals surface area contributed by atoms with Crippen LogP contribution in [0.15, 0.2) is 30.3 Å². The summed E-state index contributed by atoms with van der Waals surface area (Å²) in [6, 6.07) is 7.42. The molecule has 8 heteroatoms. The van der Waals surface area contributed by atoms with Gasteiger partial charge in [0, 0.05) is 10.9 Å². The largest absolute Gasteiger partial charge is 0.481 e. The second kappa shape index (κ2) is 6.55. The minimum atomic E-state index is -0.644. The maximum atomic E-state index is 11.4. The number of benzene rings is 1. The molecule has 0 aliphatic heterocycles. The molecule has 0 saturated heterocycles.